The molecule has 230 valence electrons. The minimum Gasteiger partial charge on any atom is -0.493 e. The molecule has 1 saturated carbocycles. The number of hydrogen-bond acceptors (Lipinski definition) is 7. The van der Waals surface area contributed by atoms with E-state index in [0.717, 1.165) is 31.6 Å². The van der Waals surface area contributed by atoms with Crippen LogP contribution in [0.5, 0.6) is 11.5 Å². The standard InChI is InChI=1S/C33H48N4O5/c1-24(2)37(33(39)27-13-14-30(41-4)31(17-27)42-16-8-15-40-3)23-28-18-34-19-29(28)35-20-32(38)36(22-26-11-12-26)21-25-9-6-5-7-10-25/h5-7,9-10,13-14,17,24,26,28-29,34-35H,8,11-12,15-16,18-23H2,1-4H3/t28-,29+/m0/s1. The third kappa shape index (κ3) is 9.18. The van der Waals surface area contributed by atoms with Gasteiger partial charge in [0.1, 0.15) is 0 Å². The predicted molar refractivity (Wildman–Crippen MR) is 164 cm³/mol. The molecule has 2 atom stereocenters. The largest absolute Gasteiger partial charge is 0.493 e. The van der Waals surface area contributed by atoms with Gasteiger partial charge in [-0.3, -0.25) is 9.59 Å². The van der Waals surface area contributed by atoms with E-state index in [1.54, 1.807) is 32.4 Å². The molecule has 0 spiro atoms. The van der Waals surface area contributed by atoms with Crippen LogP contribution in [0.25, 0.3) is 0 Å². The molecule has 0 bridgehead atoms. The molecule has 2 N–H and O–H groups in total. The number of rotatable bonds is 17. The van der Waals surface area contributed by atoms with Gasteiger partial charge in [0.15, 0.2) is 11.5 Å². The molecular weight excluding hydrogens is 532 g/mol. The molecule has 1 saturated heterocycles. The van der Waals surface area contributed by atoms with Crippen molar-refractivity contribution in [3.8, 4) is 11.5 Å². The zero-order valence-corrected chi connectivity index (χ0v) is 25.6. The summed E-state index contributed by atoms with van der Waals surface area (Å²) in [5, 5.41) is 7.00. The van der Waals surface area contributed by atoms with E-state index in [0.29, 0.717) is 55.8 Å². The second-order valence-corrected chi connectivity index (χ2v) is 11.7. The number of benzene rings is 2. The fourth-order valence-corrected chi connectivity index (χ4v) is 5.42. The van der Waals surface area contributed by atoms with Crippen LogP contribution < -0.4 is 20.1 Å². The van der Waals surface area contributed by atoms with E-state index >= 15 is 0 Å². The summed E-state index contributed by atoms with van der Waals surface area (Å²) in [5.74, 6) is 2.03. The third-order valence-corrected chi connectivity index (χ3v) is 8.08. The van der Waals surface area contributed by atoms with E-state index in [9.17, 15) is 9.59 Å². The highest BCUT2D eigenvalue weighted by Crippen LogP contribution is 2.31. The van der Waals surface area contributed by atoms with Crippen molar-refractivity contribution >= 4 is 11.8 Å². The molecule has 2 aromatic rings. The highest BCUT2D eigenvalue weighted by Gasteiger charge is 2.33. The molecule has 1 aliphatic carbocycles. The van der Waals surface area contributed by atoms with Gasteiger partial charge >= 0.3 is 0 Å². The Hall–Kier alpha value is -3.14. The minimum atomic E-state index is -0.0467. The first-order valence-electron chi connectivity index (χ1n) is 15.3. The second kappa shape index (κ2) is 15.9. The van der Waals surface area contributed by atoms with Gasteiger partial charge in [0.25, 0.3) is 5.91 Å². The SMILES string of the molecule is COCCCOc1cc(C(=O)N(C[C@@H]2CNC[C@H]2NCC(=O)N(Cc2ccccc2)CC2CC2)C(C)C)ccc1OC. The Morgan fingerprint density at radius 1 is 1.00 bits per heavy atom. The van der Waals surface area contributed by atoms with Crippen LogP contribution in [0.3, 0.4) is 0 Å². The summed E-state index contributed by atoms with van der Waals surface area (Å²) in [7, 11) is 3.26. The fourth-order valence-electron chi connectivity index (χ4n) is 5.42. The molecule has 1 aliphatic heterocycles. The Morgan fingerprint density at radius 2 is 1.79 bits per heavy atom. The molecule has 1 heterocycles. The maximum Gasteiger partial charge on any atom is 0.254 e. The van der Waals surface area contributed by atoms with Gasteiger partial charge in [-0.25, -0.2) is 0 Å². The second-order valence-electron chi connectivity index (χ2n) is 11.7. The van der Waals surface area contributed by atoms with Crippen molar-refractivity contribution in [2.45, 2.75) is 51.7 Å². The van der Waals surface area contributed by atoms with E-state index < -0.39 is 0 Å². The zero-order chi connectivity index (χ0) is 29.9. The Kier molecular flexibility index (Phi) is 12.0. The van der Waals surface area contributed by atoms with Crippen LogP contribution in [-0.4, -0.2) is 93.9 Å². The molecule has 4 rings (SSSR count). The molecule has 2 amide bonds. The van der Waals surface area contributed by atoms with Crippen LogP contribution in [0, 0.1) is 11.8 Å². The first-order chi connectivity index (χ1) is 20.4. The smallest absolute Gasteiger partial charge is 0.254 e. The number of carbonyl (C=O) groups excluding carboxylic acids is 2. The third-order valence-electron chi connectivity index (χ3n) is 8.08. The van der Waals surface area contributed by atoms with Crippen LogP contribution in [-0.2, 0) is 16.1 Å². The lowest BCUT2D eigenvalue weighted by atomic mass is 10.0. The average molecular weight is 581 g/mol. The van der Waals surface area contributed by atoms with Gasteiger partial charge in [-0.2, -0.15) is 0 Å². The summed E-state index contributed by atoms with van der Waals surface area (Å²) in [6.45, 7) is 9.03. The van der Waals surface area contributed by atoms with Crippen molar-refractivity contribution in [1.82, 2.24) is 20.4 Å². The Morgan fingerprint density at radius 3 is 2.48 bits per heavy atom. The quantitative estimate of drug-likeness (QED) is 0.277. The molecule has 0 aromatic heterocycles. The van der Waals surface area contributed by atoms with Crippen LogP contribution in [0.15, 0.2) is 48.5 Å². The normalized spacial score (nSPS) is 18.2. The molecule has 2 fully saturated rings. The number of ether oxygens (including phenoxy) is 3. The number of hydrogen-bond donors (Lipinski definition) is 2. The molecular formula is C33H48N4O5. The summed E-state index contributed by atoms with van der Waals surface area (Å²) in [4.78, 5) is 31.0. The molecule has 0 unspecified atom stereocenters. The summed E-state index contributed by atoms with van der Waals surface area (Å²) in [6, 6.07) is 15.6. The number of amides is 2. The fraction of sp³-hybridized carbons (Fsp3) is 0.576. The lowest BCUT2D eigenvalue weighted by Gasteiger charge is -2.32. The van der Waals surface area contributed by atoms with Gasteiger partial charge in [-0.1, -0.05) is 30.3 Å². The highest BCUT2D eigenvalue weighted by molar-refractivity contribution is 5.95. The summed E-state index contributed by atoms with van der Waals surface area (Å²) in [5.41, 5.74) is 1.72. The zero-order valence-electron chi connectivity index (χ0n) is 25.6. The average Bonchev–Trinajstić information content (AvgIpc) is 3.71. The first-order valence-corrected chi connectivity index (χ1v) is 15.3. The number of nitrogens with zero attached hydrogens (tertiary/aromatic N) is 2. The molecule has 9 heteroatoms. The molecule has 2 aliphatic rings. The molecule has 42 heavy (non-hydrogen) atoms. The van der Waals surface area contributed by atoms with Crippen molar-refractivity contribution in [1.29, 1.82) is 0 Å². The predicted octanol–water partition coefficient (Wildman–Crippen LogP) is 3.58. The maximum absolute atomic E-state index is 13.8. The van der Waals surface area contributed by atoms with Crippen LogP contribution >= 0.6 is 0 Å². The maximum atomic E-state index is 13.8. The first kappa shape index (κ1) is 31.8. The van der Waals surface area contributed by atoms with Crippen LogP contribution in [0.2, 0.25) is 0 Å². The summed E-state index contributed by atoms with van der Waals surface area (Å²) >= 11 is 0. The van der Waals surface area contributed by atoms with Crippen molar-refractivity contribution < 1.29 is 23.8 Å². The van der Waals surface area contributed by atoms with E-state index in [1.807, 2.05) is 41.8 Å². The summed E-state index contributed by atoms with van der Waals surface area (Å²) < 4.78 is 16.5. The number of nitrogens with one attached hydrogen (secondary N) is 2. The van der Waals surface area contributed by atoms with Gasteiger partial charge in [-0.05, 0) is 56.4 Å². The number of methoxy groups -OCH3 is 2. The van der Waals surface area contributed by atoms with Gasteiger partial charge in [-0.15, -0.1) is 0 Å². The molecule has 2 aromatic carbocycles. The van der Waals surface area contributed by atoms with Gasteiger partial charge in [0, 0.05) is 76.4 Å². The van der Waals surface area contributed by atoms with Crippen molar-refractivity contribution in [2.75, 3.05) is 60.2 Å². The monoisotopic (exact) mass is 580 g/mol. The Balaban J connectivity index is 1.37. The van der Waals surface area contributed by atoms with Gasteiger partial charge in [0.2, 0.25) is 5.91 Å². The highest BCUT2D eigenvalue weighted by atomic mass is 16.5. The Bertz CT molecular complexity index is 1140. The molecule has 9 nitrogen and oxygen atoms in total. The van der Waals surface area contributed by atoms with Gasteiger partial charge < -0.3 is 34.6 Å². The lowest BCUT2D eigenvalue weighted by molar-refractivity contribution is -0.131. The van der Waals surface area contributed by atoms with E-state index in [-0.39, 0.29) is 29.8 Å². The van der Waals surface area contributed by atoms with E-state index in [4.69, 9.17) is 14.2 Å². The molecule has 0 radical (unpaired) electrons. The lowest BCUT2D eigenvalue weighted by Crippen LogP contribution is -2.48. The topological polar surface area (TPSA) is 92.4 Å². The van der Waals surface area contributed by atoms with Crippen LogP contribution in [0.1, 0.15) is 49.0 Å². The van der Waals surface area contributed by atoms with Crippen molar-refractivity contribution in [3.63, 3.8) is 0 Å². The number of carbonyl (C=O) groups is 2. The summed E-state index contributed by atoms with van der Waals surface area (Å²) in [6.07, 6.45) is 3.15. The van der Waals surface area contributed by atoms with E-state index in [1.165, 1.54) is 12.8 Å². The minimum absolute atomic E-state index is 0.00783. The van der Waals surface area contributed by atoms with E-state index in [2.05, 4.69) is 22.8 Å². The van der Waals surface area contributed by atoms with Crippen molar-refractivity contribution in [2.24, 2.45) is 11.8 Å². The van der Waals surface area contributed by atoms with Gasteiger partial charge in [0.05, 0.1) is 20.3 Å². The Labute approximate surface area is 250 Å². The van der Waals surface area contributed by atoms with Crippen LogP contribution in [0.4, 0.5) is 0 Å². The van der Waals surface area contributed by atoms with Crippen molar-refractivity contribution in [3.05, 3.63) is 59.7 Å².